The third kappa shape index (κ3) is 1.23. The molecule has 0 fully saturated rings. The van der Waals surface area contributed by atoms with E-state index in [0.29, 0.717) is 0 Å². The maximum Gasteiger partial charge on any atom is 0.119 e. The maximum atomic E-state index is 9.79. The van der Waals surface area contributed by atoms with Gasteiger partial charge in [0.2, 0.25) is 0 Å². The Bertz CT molecular complexity index is 355. The summed E-state index contributed by atoms with van der Waals surface area (Å²) in [5, 5.41) is 19.4. The third-order valence-corrected chi connectivity index (χ3v) is 2.47. The second-order valence-corrected chi connectivity index (χ2v) is 3.44. The maximum absolute atomic E-state index is 9.79. The molecular weight excluding hydrogens is 164 g/mol. The molecule has 0 heterocycles. The SMILES string of the molecule is CC1C=C(O)c2ccccc2C1O. The van der Waals surface area contributed by atoms with Crippen LogP contribution in [0.2, 0.25) is 0 Å². The van der Waals surface area contributed by atoms with E-state index in [1.165, 1.54) is 0 Å². The van der Waals surface area contributed by atoms with Gasteiger partial charge in [-0.05, 0) is 11.6 Å². The van der Waals surface area contributed by atoms with Crippen LogP contribution in [-0.2, 0) is 0 Å². The average Bonchev–Trinajstić information content (AvgIpc) is 2.15. The average molecular weight is 176 g/mol. The summed E-state index contributed by atoms with van der Waals surface area (Å²) in [5.41, 5.74) is 1.56. The Hall–Kier alpha value is -1.28. The summed E-state index contributed by atoms with van der Waals surface area (Å²) in [6.07, 6.45) is 1.19. The van der Waals surface area contributed by atoms with E-state index in [1.54, 1.807) is 6.08 Å². The number of fused-ring (bicyclic) bond motifs is 1. The summed E-state index contributed by atoms with van der Waals surface area (Å²) in [6.45, 7) is 1.89. The Kier molecular flexibility index (Phi) is 1.85. The molecule has 2 N–H and O–H groups in total. The monoisotopic (exact) mass is 176 g/mol. The van der Waals surface area contributed by atoms with E-state index in [4.69, 9.17) is 0 Å². The van der Waals surface area contributed by atoms with Crippen molar-refractivity contribution in [3.05, 3.63) is 41.5 Å². The molecule has 0 aromatic heterocycles. The normalized spacial score (nSPS) is 26.5. The zero-order valence-corrected chi connectivity index (χ0v) is 7.44. The van der Waals surface area contributed by atoms with Gasteiger partial charge < -0.3 is 10.2 Å². The van der Waals surface area contributed by atoms with E-state index in [1.807, 2.05) is 31.2 Å². The van der Waals surface area contributed by atoms with Gasteiger partial charge in [-0.3, -0.25) is 0 Å². The lowest BCUT2D eigenvalue weighted by atomic mass is 9.87. The molecule has 1 aromatic carbocycles. The highest BCUT2D eigenvalue weighted by Crippen LogP contribution is 2.34. The first kappa shape index (κ1) is 8.32. The predicted molar refractivity (Wildman–Crippen MR) is 51.2 cm³/mol. The minimum absolute atomic E-state index is 0.0186. The number of hydrogen-bond acceptors (Lipinski definition) is 2. The van der Waals surface area contributed by atoms with Crippen molar-refractivity contribution in [1.82, 2.24) is 0 Å². The van der Waals surface area contributed by atoms with Gasteiger partial charge in [-0.2, -0.15) is 0 Å². The lowest BCUT2D eigenvalue weighted by Crippen LogP contribution is -2.14. The van der Waals surface area contributed by atoms with Crippen LogP contribution in [-0.4, -0.2) is 10.2 Å². The molecule has 0 amide bonds. The molecule has 1 aliphatic rings. The van der Waals surface area contributed by atoms with Crippen molar-refractivity contribution in [2.75, 3.05) is 0 Å². The van der Waals surface area contributed by atoms with Gasteiger partial charge in [-0.25, -0.2) is 0 Å². The molecule has 2 nitrogen and oxygen atoms in total. The molecule has 0 saturated heterocycles. The second-order valence-electron chi connectivity index (χ2n) is 3.44. The number of rotatable bonds is 0. The van der Waals surface area contributed by atoms with E-state index in [2.05, 4.69) is 0 Å². The third-order valence-electron chi connectivity index (χ3n) is 2.47. The fourth-order valence-electron chi connectivity index (χ4n) is 1.70. The number of aliphatic hydroxyl groups excluding tert-OH is 2. The van der Waals surface area contributed by atoms with Crippen molar-refractivity contribution in [3.63, 3.8) is 0 Å². The molecule has 1 aliphatic carbocycles. The largest absolute Gasteiger partial charge is 0.508 e. The zero-order valence-electron chi connectivity index (χ0n) is 7.44. The van der Waals surface area contributed by atoms with Crippen molar-refractivity contribution in [2.45, 2.75) is 13.0 Å². The van der Waals surface area contributed by atoms with Crippen molar-refractivity contribution in [3.8, 4) is 0 Å². The van der Waals surface area contributed by atoms with Crippen LogP contribution in [0.3, 0.4) is 0 Å². The molecule has 68 valence electrons. The van der Waals surface area contributed by atoms with Crippen LogP contribution in [0, 0.1) is 5.92 Å². The minimum Gasteiger partial charge on any atom is -0.508 e. The van der Waals surface area contributed by atoms with Gasteiger partial charge in [0.25, 0.3) is 0 Å². The van der Waals surface area contributed by atoms with Gasteiger partial charge in [0.1, 0.15) is 5.76 Å². The van der Waals surface area contributed by atoms with Crippen LogP contribution in [0.5, 0.6) is 0 Å². The molecular formula is C11H12O2. The highest BCUT2D eigenvalue weighted by Gasteiger charge is 2.24. The molecule has 2 rings (SSSR count). The topological polar surface area (TPSA) is 40.5 Å². The van der Waals surface area contributed by atoms with Gasteiger partial charge in [-0.15, -0.1) is 0 Å². The van der Waals surface area contributed by atoms with Crippen LogP contribution in [0.15, 0.2) is 30.3 Å². The van der Waals surface area contributed by atoms with E-state index < -0.39 is 6.10 Å². The van der Waals surface area contributed by atoms with Crippen molar-refractivity contribution >= 4 is 5.76 Å². The Morgan fingerprint density at radius 1 is 1.23 bits per heavy atom. The molecule has 2 unspecified atom stereocenters. The van der Waals surface area contributed by atoms with Crippen molar-refractivity contribution in [2.24, 2.45) is 5.92 Å². The first-order chi connectivity index (χ1) is 6.20. The Morgan fingerprint density at radius 2 is 1.92 bits per heavy atom. The Morgan fingerprint density at radius 3 is 2.69 bits per heavy atom. The smallest absolute Gasteiger partial charge is 0.119 e. The molecule has 2 atom stereocenters. The highest BCUT2D eigenvalue weighted by atomic mass is 16.3. The minimum atomic E-state index is -0.493. The summed E-state index contributed by atoms with van der Waals surface area (Å²) >= 11 is 0. The molecule has 0 bridgehead atoms. The summed E-state index contributed by atoms with van der Waals surface area (Å²) in [6, 6.07) is 7.38. The summed E-state index contributed by atoms with van der Waals surface area (Å²) in [4.78, 5) is 0. The lowest BCUT2D eigenvalue weighted by molar-refractivity contribution is 0.136. The number of aliphatic hydroxyl groups is 2. The molecule has 0 spiro atoms. The fraction of sp³-hybridized carbons (Fsp3) is 0.273. The lowest BCUT2D eigenvalue weighted by Gasteiger charge is -2.24. The first-order valence-electron chi connectivity index (χ1n) is 4.38. The number of hydrogen-bond donors (Lipinski definition) is 2. The summed E-state index contributed by atoms with van der Waals surface area (Å²) < 4.78 is 0. The van der Waals surface area contributed by atoms with Gasteiger partial charge in [0, 0.05) is 11.5 Å². The summed E-state index contributed by atoms with van der Waals surface area (Å²) in [7, 11) is 0. The summed E-state index contributed by atoms with van der Waals surface area (Å²) in [5.74, 6) is 0.253. The van der Waals surface area contributed by atoms with Gasteiger partial charge in [-0.1, -0.05) is 31.2 Å². The molecule has 0 saturated carbocycles. The van der Waals surface area contributed by atoms with Gasteiger partial charge in [0.15, 0.2) is 0 Å². The molecule has 1 aromatic rings. The van der Waals surface area contributed by atoms with E-state index in [9.17, 15) is 10.2 Å². The number of benzene rings is 1. The van der Waals surface area contributed by atoms with E-state index in [-0.39, 0.29) is 11.7 Å². The Labute approximate surface area is 77.1 Å². The van der Waals surface area contributed by atoms with Gasteiger partial charge >= 0.3 is 0 Å². The Balaban J connectivity index is 2.58. The van der Waals surface area contributed by atoms with Crippen LogP contribution in [0.25, 0.3) is 5.76 Å². The van der Waals surface area contributed by atoms with Crippen LogP contribution < -0.4 is 0 Å². The second kappa shape index (κ2) is 2.89. The first-order valence-corrected chi connectivity index (χ1v) is 4.38. The molecule has 0 aliphatic heterocycles. The van der Waals surface area contributed by atoms with Crippen LogP contribution >= 0.6 is 0 Å². The molecule has 0 radical (unpaired) electrons. The van der Waals surface area contributed by atoms with Crippen molar-refractivity contribution < 1.29 is 10.2 Å². The predicted octanol–water partition coefficient (Wildman–Crippen LogP) is 2.27. The highest BCUT2D eigenvalue weighted by molar-refractivity contribution is 5.64. The van der Waals surface area contributed by atoms with Crippen LogP contribution in [0.1, 0.15) is 24.2 Å². The van der Waals surface area contributed by atoms with Gasteiger partial charge in [0.05, 0.1) is 6.10 Å². The zero-order chi connectivity index (χ0) is 9.42. The van der Waals surface area contributed by atoms with E-state index >= 15 is 0 Å². The standard InChI is InChI=1S/C11H12O2/c1-7-6-10(12)8-4-2-3-5-9(8)11(7)13/h2-7,11-13H,1H3. The van der Waals surface area contributed by atoms with Crippen LogP contribution in [0.4, 0.5) is 0 Å². The molecule has 2 heteroatoms. The fourth-order valence-corrected chi connectivity index (χ4v) is 1.70. The molecule has 13 heavy (non-hydrogen) atoms. The quantitative estimate of drug-likeness (QED) is 0.636. The van der Waals surface area contributed by atoms with E-state index in [0.717, 1.165) is 11.1 Å². The van der Waals surface area contributed by atoms with Crippen molar-refractivity contribution in [1.29, 1.82) is 0 Å².